The number of aromatic carboxylic acids is 1. The van der Waals surface area contributed by atoms with Crippen LogP contribution in [0.4, 0.5) is 0 Å². The van der Waals surface area contributed by atoms with Crippen molar-refractivity contribution >= 4 is 16.9 Å². The van der Waals surface area contributed by atoms with Gasteiger partial charge in [-0.1, -0.05) is 12.1 Å². The molecule has 24 heavy (non-hydrogen) atoms. The molecule has 0 fully saturated rings. The lowest BCUT2D eigenvalue weighted by Crippen LogP contribution is -2.01. The van der Waals surface area contributed by atoms with Gasteiger partial charge < -0.3 is 14.6 Å². The van der Waals surface area contributed by atoms with Gasteiger partial charge in [-0.15, -0.1) is 0 Å². The Bertz CT molecular complexity index is 905. The SMILES string of the molecule is CCOc1cccc(-c2cc(C(=O)O)c3cc(OC)ccc3n2)c1. The van der Waals surface area contributed by atoms with Crippen molar-refractivity contribution in [3.05, 3.63) is 54.1 Å². The first-order valence-corrected chi connectivity index (χ1v) is 7.57. The predicted molar refractivity (Wildman–Crippen MR) is 91.9 cm³/mol. The fraction of sp³-hybridized carbons (Fsp3) is 0.158. The van der Waals surface area contributed by atoms with E-state index in [1.807, 2.05) is 31.2 Å². The molecule has 3 rings (SSSR count). The lowest BCUT2D eigenvalue weighted by atomic mass is 10.0. The zero-order chi connectivity index (χ0) is 17.1. The minimum atomic E-state index is -1.00. The standard InChI is InChI=1S/C19H17NO4/c1-3-24-14-6-4-5-12(9-14)18-11-16(19(21)22)15-10-13(23-2)7-8-17(15)20-18/h4-11H,3H2,1-2H3,(H,21,22). The molecule has 0 bridgehead atoms. The minimum Gasteiger partial charge on any atom is -0.497 e. The van der Waals surface area contributed by atoms with Gasteiger partial charge in [0, 0.05) is 10.9 Å². The molecule has 0 atom stereocenters. The van der Waals surface area contributed by atoms with Crippen LogP contribution in [-0.4, -0.2) is 29.8 Å². The normalized spacial score (nSPS) is 10.6. The molecule has 3 aromatic rings. The van der Waals surface area contributed by atoms with Crippen LogP contribution in [0.2, 0.25) is 0 Å². The van der Waals surface area contributed by atoms with Crippen LogP contribution in [0.15, 0.2) is 48.5 Å². The van der Waals surface area contributed by atoms with Crippen LogP contribution in [0, 0.1) is 0 Å². The van der Waals surface area contributed by atoms with E-state index in [0.717, 1.165) is 11.3 Å². The molecule has 0 saturated heterocycles. The van der Waals surface area contributed by atoms with Gasteiger partial charge in [-0.25, -0.2) is 9.78 Å². The maximum absolute atomic E-state index is 11.7. The fourth-order valence-electron chi connectivity index (χ4n) is 2.57. The largest absolute Gasteiger partial charge is 0.497 e. The lowest BCUT2D eigenvalue weighted by molar-refractivity contribution is 0.0699. The summed E-state index contributed by atoms with van der Waals surface area (Å²) < 4.78 is 10.7. The Morgan fingerprint density at radius 2 is 1.96 bits per heavy atom. The number of hydrogen-bond donors (Lipinski definition) is 1. The van der Waals surface area contributed by atoms with Crippen LogP contribution in [0.25, 0.3) is 22.2 Å². The summed E-state index contributed by atoms with van der Waals surface area (Å²) in [5.74, 6) is 0.319. The van der Waals surface area contributed by atoms with Gasteiger partial charge in [0.25, 0.3) is 0 Å². The maximum atomic E-state index is 11.7. The molecule has 0 amide bonds. The highest BCUT2D eigenvalue weighted by Crippen LogP contribution is 2.29. The molecule has 1 aromatic heterocycles. The van der Waals surface area contributed by atoms with E-state index in [1.165, 1.54) is 0 Å². The third-order valence-corrected chi connectivity index (χ3v) is 3.69. The Morgan fingerprint density at radius 1 is 1.12 bits per heavy atom. The first-order valence-electron chi connectivity index (χ1n) is 7.57. The number of fused-ring (bicyclic) bond motifs is 1. The van der Waals surface area contributed by atoms with E-state index in [9.17, 15) is 9.90 Å². The third-order valence-electron chi connectivity index (χ3n) is 3.69. The summed E-state index contributed by atoms with van der Waals surface area (Å²) in [6.45, 7) is 2.48. The van der Waals surface area contributed by atoms with E-state index >= 15 is 0 Å². The van der Waals surface area contributed by atoms with Crippen molar-refractivity contribution in [2.45, 2.75) is 6.92 Å². The zero-order valence-corrected chi connectivity index (χ0v) is 13.4. The van der Waals surface area contributed by atoms with Crippen molar-refractivity contribution in [2.24, 2.45) is 0 Å². The molecule has 5 nitrogen and oxygen atoms in total. The molecule has 0 unspecified atom stereocenters. The first kappa shape index (κ1) is 15.8. The van der Waals surface area contributed by atoms with Gasteiger partial charge in [0.05, 0.1) is 30.5 Å². The molecule has 0 aliphatic heterocycles. The predicted octanol–water partition coefficient (Wildman–Crippen LogP) is 4.01. The zero-order valence-electron chi connectivity index (χ0n) is 13.4. The van der Waals surface area contributed by atoms with Crippen molar-refractivity contribution in [1.29, 1.82) is 0 Å². The Hall–Kier alpha value is -3.08. The molecule has 122 valence electrons. The number of carboxylic acids is 1. The fourth-order valence-corrected chi connectivity index (χ4v) is 2.57. The Morgan fingerprint density at radius 3 is 2.67 bits per heavy atom. The van der Waals surface area contributed by atoms with Crippen LogP contribution < -0.4 is 9.47 Å². The highest BCUT2D eigenvalue weighted by atomic mass is 16.5. The summed E-state index contributed by atoms with van der Waals surface area (Å²) in [5.41, 5.74) is 2.19. The van der Waals surface area contributed by atoms with Crippen molar-refractivity contribution in [3.63, 3.8) is 0 Å². The summed E-state index contributed by atoms with van der Waals surface area (Å²) in [5, 5.41) is 10.1. The van der Waals surface area contributed by atoms with Crippen LogP contribution in [0.5, 0.6) is 11.5 Å². The monoisotopic (exact) mass is 323 g/mol. The molecular weight excluding hydrogens is 306 g/mol. The van der Waals surface area contributed by atoms with Crippen LogP contribution in [-0.2, 0) is 0 Å². The summed E-state index contributed by atoms with van der Waals surface area (Å²) in [7, 11) is 1.54. The number of hydrogen-bond acceptors (Lipinski definition) is 4. The van der Waals surface area contributed by atoms with Crippen molar-refractivity contribution < 1.29 is 19.4 Å². The van der Waals surface area contributed by atoms with E-state index in [2.05, 4.69) is 4.98 Å². The van der Waals surface area contributed by atoms with Gasteiger partial charge in [-0.2, -0.15) is 0 Å². The Balaban J connectivity index is 2.19. The second-order valence-corrected chi connectivity index (χ2v) is 5.20. The van der Waals surface area contributed by atoms with Gasteiger partial charge in [-0.05, 0) is 43.3 Å². The average Bonchev–Trinajstić information content (AvgIpc) is 2.60. The number of rotatable bonds is 5. The molecule has 1 heterocycles. The highest BCUT2D eigenvalue weighted by molar-refractivity contribution is 6.04. The first-order chi connectivity index (χ1) is 11.6. The molecule has 0 radical (unpaired) electrons. The molecule has 5 heteroatoms. The van der Waals surface area contributed by atoms with Crippen LogP contribution in [0.3, 0.4) is 0 Å². The number of aromatic nitrogens is 1. The minimum absolute atomic E-state index is 0.190. The van der Waals surface area contributed by atoms with Gasteiger partial charge in [0.1, 0.15) is 11.5 Å². The number of methoxy groups -OCH3 is 1. The Labute approximate surface area is 139 Å². The summed E-state index contributed by atoms with van der Waals surface area (Å²) in [6.07, 6.45) is 0. The molecular formula is C19H17NO4. The lowest BCUT2D eigenvalue weighted by Gasteiger charge is -2.10. The van der Waals surface area contributed by atoms with Crippen LogP contribution >= 0.6 is 0 Å². The average molecular weight is 323 g/mol. The molecule has 0 spiro atoms. The second kappa shape index (κ2) is 6.58. The van der Waals surface area contributed by atoms with E-state index < -0.39 is 5.97 Å². The number of benzene rings is 2. The highest BCUT2D eigenvalue weighted by Gasteiger charge is 2.14. The molecule has 2 aromatic carbocycles. The van der Waals surface area contributed by atoms with E-state index in [-0.39, 0.29) is 5.56 Å². The smallest absolute Gasteiger partial charge is 0.336 e. The summed E-state index contributed by atoms with van der Waals surface area (Å²) >= 11 is 0. The van der Waals surface area contributed by atoms with Gasteiger partial charge in [0.15, 0.2) is 0 Å². The number of carbonyl (C=O) groups is 1. The summed E-state index contributed by atoms with van der Waals surface area (Å²) in [4.78, 5) is 16.3. The quantitative estimate of drug-likeness (QED) is 0.768. The maximum Gasteiger partial charge on any atom is 0.336 e. The Kier molecular flexibility index (Phi) is 4.33. The summed E-state index contributed by atoms with van der Waals surface area (Å²) in [6, 6.07) is 14.2. The van der Waals surface area contributed by atoms with Crippen LogP contribution in [0.1, 0.15) is 17.3 Å². The number of carboxylic acid groups (broad SMARTS) is 1. The van der Waals surface area contributed by atoms with E-state index in [4.69, 9.17) is 9.47 Å². The van der Waals surface area contributed by atoms with E-state index in [0.29, 0.717) is 29.0 Å². The third kappa shape index (κ3) is 3.01. The number of ether oxygens (including phenoxy) is 2. The van der Waals surface area contributed by atoms with Gasteiger partial charge in [0.2, 0.25) is 0 Å². The van der Waals surface area contributed by atoms with Gasteiger partial charge >= 0.3 is 5.97 Å². The van der Waals surface area contributed by atoms with Crippen molar-refractivity contribution in [2.75, 3.05) is 13.7 Å². The second-order valence-electron chi connectivity index (χ2n) is 5.20. The van der Waals surface area contributed by atoms with Crippen molar-refractivity contribution in [3.8, 4) is 22.8 Å². The van der Waals surface area contributed by atoms with Crippen molar-refractivity contribution in [1.82, 2.24) is 4.98 Å². The number of pyridine rings is 1. The number of nitrogens with zero attached hydrogens (tertiary/aromatic N) is 1. The molecule has 1 N–H and O–H groups in total. The molecule has 0 aliphatic rings. The van der Waals surface area contributed by atoms with E-state index in [1.54, 1.807) is 31.4 Å². The molecule has 0 aliphatic carbocycles. The topological polar surface area (TPSA) is 68.7 Å². The van der Waals surface area contributed by atoms with Gasteiger partial charge in [-0.3, -0.25) is 0 Å². The molecule has 0 saturated carbocycles.